The van der Waals surface area contributed by atoms with E-state index in [0.29, 0.717) is 6.04 Å². The third kappa shape index (κ3) is 8.98. The molecule has 0 aromatic rings. The van der Waals surface area contributed by atoms with E-state index in [2.05, 4.69) is 31.7 Å². The van der Waals surface area contributed by atoms with Crippen molar-refractivity contribution in [3.05, 3.63) is 12.3 Å². The molecule has 0 saturated carbocycles. The van der Waals surface area contributed by atoms with Gasteiger partial charge in [-0.25, -0.2) is 14.8 Å². The number of piperidine rings is 1. The van der Waals surface area contributed by atoms with Crippen LogP contribution in [-0.4, -0.2) is 71.9 Å². The van der Waals surface area contributed by atoms with E-state index >= 15 is 0 Å². The summed E-state index contributed by atoms with van der Waals surface area (Å²) in [6, 6.07) is 0.714. The molecule has 2 saturated heterocycles. The predicted molar refractivity (Wildman–Crippen MR) is 122 cm³/mol. The van der Waals surface area contributed by atoms with Gasteiger partial charge in [-0.3, -0.25) is 4.90 Å². The Hall–Kier alpha value is -1.89. The van der Waals surface area contributed by atoms with Gasteiger partial charge in [0.15, 0.2) is 0 Å². The van der Waals surface area contributed by atoms with Crippen molar-refractivity contribution in [1.82, 2.24) is 15.1 Å². The van der Waals surface area contributed by atoms with E-state index < -0.39 is 5.60 Å². The van der Waals surface area contributed by atoms with Gasteiger partial charge < -0.3 is 15.0 Å². The van der Waals surface area contributed by atoms with E-state index in [4.69, 9.17) is 4.74 Å². The maximum atomic E-state index is 12.0. The number of guanidine groups is 1. The lowest BCUT2D eigenvalue weighted by molar-refractivity contribution is 0.0503. The molecule has 29 heavy (non-hydrogen) atoms. The van der Waals surface area contributed by atoms with Gasteiger partial charge in [-0.1, -0.05) is 20.4 Å². The molecule has 1 unspecified atom stereocenters. The number of alkyl carbamates (subject to hydrolysis) is 1. The van der Waals surface area contributed by atoms with Gasteiger partial charge in [0.05, 0.1) is 0 Å². The number of nitrogens with zero attached hydrogens (tertiary/aromatic N) is 4. The summed E-state index contributed by atoms with van der Waals surface area (Å²) < 4.78 is 5.37. The maximum Gasteiger partial charge on any atom is 0.407 e. The highest BCUT2D eigenvalue weighted by atomic mass is 16.6. The van der Waals surface area contributed by atoms with E-state index in [0.717, 1.165) is 57.1 Å². The molecule has 1 atom stereocenters. The van der Waals surface area contributed by atoms with Crippen molar-refractivity contribution in [1.29, 1.82) is 0 Å². The Morgan fingerprint density at radius 2 is 1.79 bits per heavy atom. The Morgan fingerprint density at radius 1 is 1.17 bits per heavy atom. The predicted octanol–water partition coefficient (Wildman–Crippen LogP) is 4.06. The Bertz CT molecular complexity index is 587. The molecule has 2 fully saturated rings. The summed E-state index contributed by atoms with van der Waals surface area (Å²) in [6.45, 7) is 21.1. The Balaban J connectivity index is 0.00000204. The first-order valence-corrected chi connectivity index (χ1v) is 10.9. The number of allylic oxidation sites excluding steroid dienone is 1. The lowest BCUT2D eigenvalue weighted by Gasteiger charge is -2.37. The van der Waals surface area contributed by atoms with E-state index in [1.54, 1.807) is 6.21 Å². The molecule has 0 bridgehead atoms. The molecule has 7 heteroatoms. The summed E-state index contributed by atoms with van der Waals surface area (Å²) in [7, 11) is 0. The van der Waals surface area contributed by atoms with Gasteiger partial charge in [-0.05, 0) is 53.9 Å². The minimum absolute atomic E-state index is 0.170. The van der Waals surface area contributed by atoms with Gasteiger partial charge in [0.2, 0.25) is 5.96 Å². The lowest BCUT2D eigenvalue weighted by atomic mass is 10.0. The lowest BCUT2D eigenvalue weighted by Crippen LogP contribution is -2.47. The minimum atomic E-state index is -0.459. The molecule has 2 aliphatic heterocycles. The zero-order valence-electron chi connectivity index (χ0n) is 19.5. The fraction of sp³-hybridized carbons (Fsp3) is 0.773. The summed E-state index contributed by atoms with van der Waals surface area (Å²) >= 11 is 0. The van der Waals surface area contributed by atoms with Crippen LogP contribution in [0, 0.1) is 0 Å². The third-order valence-corrected chi connectivity index (χ3v) is 4.74. The van der Waals surface area contributed by atoms with Gasteiger partial charge >= 0.3 is 6.09 Å². The molecule has 0 aliphatic carbocycles. The number of ether oxygens (including phenoxy) is 1. The van der Waals surface area contributed by atoms with E-state index in [-0.39, 0.29) is 12.1 Å². The second-order valence-electron chi connectivity index (χ2n) is 8.38. The fourth-order valence-electron chi connectivity index (χ4n) is 3.61. The molecule has 1 N–H and O–H groups in total. The Labute approximate surface area is 177 Å². The highest BCUT2D eigenvalue weighted by Gasteiger charge is 2.32. The third-order valence-electron chi connectivity index (χ3n) is 4.74. The van der Waals surface area contributed by atoms with E-state index in [1.807, 2.05) is 48.5 Å². The van der Waals surface area contributed by atoms with Crippen molar-refractivity contribution in [2.75, 3.05) is 26.2 Å². The van der Waals surface area contributed by atoms with Crippen molar-refractivity contribution in [2.24, 2.45) is 9.98 Å². The molecule has 2 aliphatic rings. The minimum Gasteiger partial charge on any atom is -0.444 e. The molecule has 166 valence electrons. The van der Waals surface area contributed by atoms with Crippen LogP contribution in [-0.2, 0) is 4.74 Å². The number of aliphatic imine (C=N–C) groups is 2. The van der Waals surface area contributed by atoms with Gasteiger partial charge in [-0.15, -0.1) is 0 Å². The molecule has 1 amide bonds. The zero-order valence-corrected chi connectivity index (χ0v) is 19.5. The summed E-state index contributed by atoms with van der Waals surface area (Å²) in [5, 5.41) is 3.01. The van der Waals surface area contributed by atoms with Crippen molar-refractivity contribution < 1.29 is 9.53 Å². The molecule has 0 radical (unpaired) electrons. The SMILES string of the molecule is C=C(C)N=C(/N=C\C)N1CCC(N2CCC(NC(=O)OC(C)(C)C)C2)CC1.CC. The number of likely N-dealkylation sites (tertiary alicyclic amines) is 2. The van der Waals surface area contributed by atoms with Crippen LogP contribution in [0.15, 0.2) is 22.3 Å². The average Bonchev–Trinajstić information content (AvgIpc) is 3.09. The summed E-state index contributed by atoms with van der Waals surface area (Å²) in [5.74, 6) is 0.759. The largest absolute Gasteiger partial charge is 0.444 e. The van der Waals surface area contributed by atoms with E-state index in [9.17, 15) is 4.79 Å². The van der Waals surface area contributed by atoms with Crippen LogP contribution in [0.5, 0.6) is 0 Å². The number of hydrogen-bond acceptors (Lipinski definition) is 4. The van der Waals surface area contributed by atoms with Crippen LogP contribution in [0.25, 0.3) is 0 Å². The second-order valence-corrected chi connectivity index (χ2v) is 8.38. The van der Waals surface area contributed by atoms with E-state index in [1.165, 1.54) is 0 Å². The van der Waals surface area contributed by atoms with Crippen molar-refractivity contribution in [3.8, 4) is 0 Å². The van der Waals surface area contributed by atoms with Gasteiger partial charge in [-0.2, -0.15) is 0 Å². The standard InChI is InChI=1S/C20H35N5O2.C2H6/c1-7-21-18(22-15(2)3)24-12-9-17(10-13-24)25-11-8-16(14-25)23-19(26)27-20(4,5)6;1-2/h7,16-17H,2,8-14H2,1,3-6H3,(H,23,26);1-2H3/b21-7-,22-18?;. The first-order valence-electron chi connectivity index (χ1n) is 10.9. The summed E-state index contributed by atoms with van der Waals surface area (Å²) in [4.78, 5) is 25.6. The van der Waals surface area contributed by atoms with Crippen LogP contribution in [0.2, 0.25) is 0 Å². The zero-order chi connectivity index (χ0) is 22.0. The number of nitrogens with one attached hydrogen (secondary N) is 1. The molecule has 0 aromatic carbocycles. The highest BCUT2D eigenvalue weighted by molar-refractivity contribution is 5.88. The monoisotopic (exact) mass is 407 g/mol. The molecule has 2 rings (SSSR count). The van der Waals surface area contributed by atoms with Crippen LogP contribution in [0.3, 0.4) is 0 Å². The van der Waals surface area contributed by atoms with Gasteiger partial charge in [0.1, 0.15) is 5.60 Å². The summed E-state index contributed by atoms with van der Waals surface area (Å²) in [5.41, 5.74) is 0.312. The molecule has 0 aromatic heterocycles. The molecule has 0 spiro atoms. The second kappa shape index (κ2) is 12.0. The number of carbonyl (C=O) groups is 1. The first-order chi connectivity index (χ1) is 13.7. The number of amides is 1. The average molecular weight is 408 g/mol. The number of carbonyl (C=O) groups excluding carboxylic acids is 1. The van der Waals surface area contributed by atoms with Crippen LogP contribution in [0.1, 0.15) is 67.7 Å². The number of rotatable bonds is 3. The van der Waals surface area contributed by atoms with Crippen LogP contribution >= 0.6 is 0 Å². The maximum absolute atomic E-state index is 12.0. The van der Waals surface area contributed by atoms with Gasteiger partial charge in [0.25, 0.3) is 0 Å². The summed E-state index contributed by atoms with van der Waals surface area (Å²) in [6.07, 6.45) is 4.59. The van der Waals surface area contributed by atoms with Crippen molar-refractivity contribution in [3.63, 3.8) is 0 Å². The van der Waals surface area contributed by atoms with Crippen LogP contribution in [0.4, 0.5) is 4.79 Å². The molecular formula is C22H41N5O2. The first kappa shape index (κ1) is 25.1. The quantitative estimate of drug-likeness (QED) is 0.566. The molecule has 7 nitrogen and oxygen atoms in total. The highest BCUT2D eigenvalue weighted by Crippen LogP contribution is 2.22. The van der Waals surface area contributed by atoms with Gasteiger partial charge in [0, 0.05) is 50.2 Å². The normalized spacial score (nSPS) is 21.7. The number of hydrogen-bond donors (Lipinski definition) is 1. The fourth-order valence-corrected chi connectivity index (χ4v) is 3.61. The van der Waals surface area contributed by atoms with Crippen LogP contribution < -0.4 is 5.32 Å². The smallest absolute Gasteiger partial charge is 0.407 e. The Kier molecular flexibility index (Phi) is 10.4. The topological polar surface area (TPSA) is 69.5 Å². The van der Waals surface area contributed by atoms with Crippen molar-refractivity contribution in [2.45, 2.75) is 85.4 Å². The molecule has 2 heterocycles. The van der Waals surface area contributed by atoms with Crippen molar-refractivity contribution >= 4 is 18.3 Å². The molecular weight excluding hydrogens is 366 g/mol. The Morgan fingerprint density at radius 3 is 2.31 bits per heavy atom.